The molecule has 152 valence electrons. The molecule has 3 aromatic carbocycles. The molecule has 1 nitrogen and oxygen atoms in total. The van der Waals surface area contributed by atoms with Gasteiger partial charge in [-0.2, -0.15) is 0 Å². The molecular weight excluding hydrogens is 350 g/mol. The van der Waals surface area contributed by atoms with Crippen LogP contribution in [0.15, 0.2) is 78.9 Å². The maximum atomic E-state index is 3.54. The molecule has 0 fully saturated rings. The fraction of sp³-hybridized carbons (Fsp3) is 0.357. The van der Waals surface area contributed by atoms with Gasteiger partial charge in [0.1, 0.15) is 0 Å². The second kappa shape index (κ2) is 9.31. The van der Waals surface area contributed by atoms with Gasteiger partial charge in [0.05, 0.1) is 0 Å². The Balaban J connectivity index is 1.66. The van der Waals surface area contributed by atoms with E-state index in [2.05, 4.69) is 119 Å². The average molecular weight is 386 g/mol. The highest BCUT2D eigenvalue weighted by Gasteiger charge is 2.18. The summed E-state index contributed by atoms with van der Waals surface area (Å²) in [5.41, 5.74) is 6.76. The summed E-state index contributed by atoms with van der Waals surface area (Å²) in [6, 6.07) is 28.5. The quantitative estimate of drug-likeness (QED) is 0.430. The largest absolute Gasteiger partial charge is 0.356 e. The van der Waals surface area contributed by atoms with Gasteiger partial charge in [-0.1, -0.05) is 89.2 Å². The first-order chi connectivity index (χ1) is 13.9. The van der Waals surface area contributed by atoms with Crippen LogP contribution >= 0.6 is 0 Å². The maximum absolute atomic E-state index is 3.54. The molecule has 0 saturated carbocycles. The third-order valence-electron chi connectivity index (χ3n) is 5.73. The zero-order valence-corrected chi connectivity index (χ0v) is 18.6. The van der Waals surface area contributed by atoms with E-state index in [1.54, 1.807) is 0 Å². The smallest absolute Gasteiger partial charge is 0.0384 e. The van der Waals surface area contributed by atoms with Crippen molar-refractivity contribution in [2.45, 2.75) is 59.3 Å². The number of benzene rings is 3. The van der Waals surface area contributed by atoms with Crippen LogP contribution in [0.2, 0.25) is 0 Å². The van der Waals surface area contributed by atoms with Gasteiger partial charge in [0.25, 0.3) is 0 Å². The Bertz CT molecular complexity index is 870. The predicted octanol–water partition coefficient (Wildman–Crippen LogP) is 8.51. The molecule has 1 heteroatoms. The molecule has 0 amide bonds. The Labute approximate surface area is 177 Å². The number of hydrogen-bond acceptors (Lipinski definition) is 1. The molecule has 0 radical (unpaired) electrons. The maximum Gasteiger partial charge on any atom is 0.0384 e. The zero-order valence-electron chi connectivity index (χ0n) is 18.6. The van der Waals surface area contributed by atoms with Gasteiger partial charge in [0.15, 0.2) is 0 Å². The Morgan fingerprint density at radius 1 is 0.690 bits per heavy atom. The van der Waals surface area contributed by atoms with E-state index in [-0.39, 0.29) is 0 Å². The zero-order chi connectivity index (χ0) is 20.9. The van der Waals surface area contributed by atoms with Gasteiger partial charge in [0, 0.05) is 17.3 Å². The van der Waals surface area contributed by atoms with Crippen LogP contribution in [0.25, 0.3) is 0 Å². The van der Waals surface area contributed by atoms with Crippen LogP contribution in [0.4, 0.5) is 11.4 Å². The van der Waals surface area contributed by atoms with Gasteiger partial charge in [-0.15, -0.1) is 0 Å². The summed E-state index contributed by atoms with van der Waals surface area (Å²) >= 11 is 0. The van der Waals surface area contributed by atoms with Crippen LogP contribution in [0.1, 0.15) is 76.0 Å². The van der Waals surface area contributed by atoms with Crippen LogP contribution in [-0.2, 0) is 0 Å². The van der Waals surface area contributed by atoms with Crippen molar-refractivity contribution < 1.29 is 0 Å². The second-order valence-corrected chi connectivity index (χ2v) is 9.37. The van der Waals surface area contributed by atoms with E-state index in [1.807, 2.05) is 0 Å². The predicted molar refractivity (Wildman–Crippen MR) is 127 cm³/mol. The highest BCUT2D eigenvalue weighted by Crippen LogP contribution is 2.34. The summed E-state index contributed by atoms with van der Waals surface area (Å²) in [6.45, 7) is 11.5. The van der Waals surface area contributed by atoms with Gasteiger partial charge in [0.2, 0.25) is 0 Å². The number of nitrogens with one attached hydrogen (secondary N) is 1. The van der Waals surface area contributed by atoms with E-state index in [0.717, 1.165) is 11.4 Å². The van der Waals surface area contributed by atoms with Gasteiger partial charge in [-0.25, -0.2) is 0 Å². The van der Waals surface area contributed by atoms with E-state index >= 15 is 0 Å². The third kappa shape index (κ3) is 5.97. The highest BCUT2D eigenvalue weighted by molar-refractivity contribution is 5.60. The van der Waals surface area contributed by atoms with Crippen LogP contribution in [0.5, 0.6) is 0 Å². The molecule has 0 heterocycles. The van der Waals surface area contributed by atoms with Crippen LogP contribution in [0, 0.1) is 5.41 Å². The first-order valence-electron chi connectivity index (χ1n) is 10.9. The minimum absolute atomic E-state index is 0.357. The van der Waals surface area contributed by atoms with E-state index in [1.165, 1.54) is 29.5 Å². The standard InChI is InChI=1S/C28H35N/c1-6-22(20-28(3,4)5)25-14-18-27(19-15-25)29-26-16-12-24(13-17-26)21(2)23-10-8-7-9-11-23/h7-19,21-22,29H,6,20H2,1-5H3. The normalized spacial score (nSPS) is 13.7. The monoisotopic (exact) mass is 385 g/mol. The number of anilines is 2. The summed E-state index contributed by atoms with van der Waals surface area (Å²) < 4.78 is 0. The lowest BCUT2D eigenvalue weighted by Crippen LogP contribution is -2.11. The fourth-order valence-electron chi connectivity index (χ4n) is 4.03. The lowest BCUT2D eigenvalue weighted by atomic mass is 9.80. The molecule has 0 aliphatic heterocycles. The van der Waals surface area contributed by atoms with Crippen molar-refractivity contribution in [2.75, 3.05) is 5.32 Å². The number of hydrogen-bond donors (Lipinski definition) is 1. The minimum atomic E-state index is 0.357. The third-order valence-corrected chi connectivity index (χ3v) is 5.73. The molecule has 29 heavy (non-hydrogen) atoms. The van der Waals surface area contributed by atoms with Crippen molar-refractivity contribution in [3.63, 3.8) is 0 Å². The SMILES string of the molecule is CCC(CC(C)(C)C)c1ccc(Nc2ccc(C(C)c3ccccc3)cc2)cc1. The second-order valence-electron chi connectivity index (χ2n) is 9.37. The first-order valence-corrected chi connectivity index (χ1v) is 10.9. The summed E-state index contributed by atoms with van der Waals surface area (Å²) in [5.74, 6) is 1.03. The average Bonchev–Trinajstić information content (AvgIpc) is 2.73. The van der Waals surface area contributed by atoms with Crippen molar-refractivity contribution in [3.05, 3.63) is 95.6 Å². The van der Waals surface area contributed by atoms with E-state index in [4.69, 9.17) is 0 Å². The van der Waals surface area contributed by atoms with E-state index in [9.17, 15) is 0 Å². The molecule has 3 aromatic rings. The molecule has 0 spiro atoms. The lowest BCUT2D eigenvalue weighted by Gasteiger charge is -2.25. The van der Waals surface area contributed by atoms with Crippen molar-refractivity contribution in [1.29, 1.82) is 0 Å². The van der Waals surface area contributed by atoms with Crippen LogP contribution in [-0.4, -0.2) is 0 Å². The molecule has 0 aliphatic rings. The van der Waals surface area contributed by atoms with Crippen molar-refractivity contribution in [3.8, 4) is 0 Å². The van der Waals surface area contributed by atoms with Gasteiger partial charge in [-0.05, 0) is 65.1 Å². The summed E-state index contributed by atoms with van der Waals surface area (Å²) in [4.78, 5) is 0. The summed E-state index contributed by atoms with van der Waals surface area (Å²) in [7, 11) is 0. The molecular formula is C28H35N. The minimum Gasteiger partial charge on any atom is -0.356 e. The molecule has 0 aromatic heterocycles. The lowest BCUT2D eigenvalue weighted by molar-refractivity contribution is 0.335. The van der Waals surface area contributed by atoms with Crippen molar-refractivity contribution in [1.82, 2.24) is 0 Å². The Morgan fingerprint density at radius 2 is 1.17 bits per heavy atom. The number of rotatable bonds is 7. The fourth-order valence-corrected chi connectivity index (χ4v) is 4.03. The Kier molecular flexibility index (Phi) is 6.79. The highest BCUT2D eigenvalue weighted by atomic mass is 14.9. The van der Waals surface area contributed by atoms with Crippen molar-refractivity contribution in [2.24, 2.45) is 5.41 Å². The first kappa shape index (κ1) is 21.2. The Hall–Kier alpha value is -2.54. The summed E-state index contributed by atoms with van der Waals surface area (Å²) in [6.07, 6.45) is 2.41. The molecule has 1 N–H and O–H groups in total. The molecule has 0 saturated heterocycles. The van der Waals surface area contributed by atoms with Gasteiger partial charge < -0.3 is 5.32 Å². The molecule has 0 aliphatic carbocycles. The van der Waals surface area contributed by atoms with Crippen molar-refractivity contribution >= 4 is 11.4 Å². The Morgan fingerprint density at radius 3 is 1.66 bits per heavy atom. The van der Waals surface area contributed by atoms with Crippen LogP contribution in [0.3, 0.4) is 0 Å². The van der Waals surface area contributed by atoms with E-state index < -0.39 is 0 Å². The summed E-state index contributed by atoms with van der Waals surface area (Å²) in [5, 5.41) is 3.54. The molecule has 2 unspecified atom stereocenters. The van der Waals surface area contributed by atoms with E-state index in [0.29, 0.717) is 17.3 Å². The van der Waals surface area contributed by atoms with Gasteiger partial charge in [-0.3, -0.25) is 0 Å². The van der Waals surface area contributed by atoms with Gasteiger partial charge >= 0.3 is 0 Å². The molecule has 0 bridgehead atoms. The van der Waals surface area contributed by atoms with Crippen LogP contribution < -0.4 is 5.32 Å². The molecule has 2 atom stereocenters. The molecule has 3 rings (SSSR count). The topological polar surface area (TPSA) is 12.0 Å².